The Morgan fingerprint density at radius 1 is 1.30 bits per heavy atom. The molecule has 0 atom stereocenters. The van der Waals surface area contributed by atoms with Crippen LogP contribution in [0.5, 0.6) is 0 Å². The van der Waals surface area contributed by atoms with Crippen LogP contribution >= 0.6 is 11.6 Å². The fourth-order valence-corrected chi connectivity index (χ4v) is 2.09. The second kappa shape index (κ2) is 8.52. The number of hydrogen-bond acceptors (Lipinski definition) is 6. The highest BCUT2D eigenvalue weighted by molar-refractivity contribution is 6.32. The minimum atomic E-state index is -0.896. The van der Waals surface area contributed by atoms with Gasteiger partial charge in [-0.25, -0.2) is 9.59 Å². The van der Waals surface area contributed by atoms with Crippen molar-refractivity contribution in [3.63, 3.8) is 0 Å². The van der Waals surface area contributed by atoms with Gasteiger partial charge in [-0.2, -0.15) is 5.10 Å². The van der Waals surface area contributed by atoms with E-state index in [-0.39, 0.29) is 17.3 Å². The molecule has 23 heavy (non-hydrogen) atoms. The van der Waals surface area contributed by atoms with Gasteiger partial charge in [0.15, 0.2) is 6.61 Å². The van der Waals surface area contributed by atoms with E-state index in [1.165, 1.54) is 4.68 Å². The fourth-order valence-electron chi connectivity index (χ4n) is 1.77. The van der Waals surface area contributed by atoms with E-state index in [0.29, 0.717) is 18.2 Å². The van der Waals surface area contributed by atoms with Crippen molar-refractivity contribution in [3.05, 3.63) is 16.4 Å². The third-order valence-corrected chi connectivity index (χ3v) is 3.04. The Hall–Kier alpha value is -2.09. The second-order valence-electron chi connectivity index (χ2n) is 5.17. The van der Waals surface area contributed by atoms with Crippen molar-refractivity contribution < 1.29 is 23.9 Å². The molecule has 0 saturated heterocycles. The van der Waals surface area contributed by atoms with Gasteiger partial charge in [-0.3, -0.25) is 14.8 Å². The molecule has 9 heteroatoms. The van der Waals surface area contributed by atoms with E-state index >= 15 is 0 Å². The van der Waals surface area contributed by atoms with Crippen molar-refractivity contribution in [1.82, 2.24) is 15.1 Å². The maximum atomic E-state index is 12.0. The SMILES string of the molecule is CCOC(=O)NC(=O)COC(=O)c1c(C)nn(CC(C)C)c1Cl. The summed E-state index contributed by atoms with van der Waals surface area (Å²) >= 11 is 6.13. The van der Waals surface area contributed by atoms with Crippen LogP contribution in [0.1, 0.15) is 36.8 Å². The molecule has 1 heterocycles. The van der Waals surface area contributed by atoms with Gasteiger partial charge in [-0.05, 0) is 19.8 Å². The number of carbonyl (C=O) groups is 3. The number of hydrogen-bond donors (Lipinski definition) is 1. The van der Waals surface area contributed by atoms with E-state index in [1.54, 1.807) is 13.8 Å². The lowest BCUT2D eigenvalue weighted by Crippen LogP contribution is -2.34. The van der Waals surface area contributed by atoms with Crippen LogP contribution in [0.4, 0.5) is 4.79 Å². The lowest BCUT2D eigenvalue weighted by molar-refractivity contribution is -0.123. The molecular formula is C14H20ClN3O5. The minimum absolute atomic E-state index is 0.108. The predicted molar refractivity (Wildman–Crippen MR) is 82.3 cm³/mol. The fraction of sp³-hybridized carbons (Fsp3) is 0.571. The molecule has 0 unspecified atom stereocenters. The Bertz CT molecular complexity index is 597. The molecular weight excluding hydrogens is 326 g/mol. The summed E-state index contributed by atoms with van der Waals surface area (Å²) in [6.45, 7) is 7.26. The molecule has 128 valence electrons. The third kappa shape index (κ3) is 5.55. The van der Waals surface area contributed by atoms with Crippen LogP contribution in [-0.4, -0.2) is 41.0 Å². The molecule has 1 N–H and O–H groups in total. The molecule has 0 saturated carbocycles. The molecule has 0 aliphatic rings. The molecule has 1 rings (SSSR count). The highest BCUT2D eigenvalue weighted by Crippen LogP contribution is 2.21. The topological polar surface area (TPSA) is 99.5 Å². The predicted octanol–water partition coefficient (Wildman–Crippen LogP) is 1.93. The maximum Gasteiger partial charge on any atom is 0.413 e. The quantitative estimate of drug-likeness (QED) is 0.791. The monoisotopic (exact) mass is 345 g/mol. The molecule has 2 amide bonds. The lowest BCUT2D eigenvalue weighted by Gasteiger charge is -2.07. The van der Waals surface area contributed by atoms with Gasteiger partial charge in [-0.1, -0.05) is 25.4 Å². The maximum absolute atomic E-state index is 12.0. The Kier molecular flexibility index (Phi) is 7.02. The van der Waals surface area contributed by atoms with Crippen molar-refractivity contribution in [2.75, 3.05) is 13.2 Å². The zero-order valence-corrected chi connectivity index (χ0v) is 14.3. The highest BCUT2D eigenvalue weighted by Gasteiger charge is 2.23. The Balaban J connectivity index is 2.66. The first kappa shape index (κ1) is 19.0. The lowest BCUT2D eigenvalue weighted by atomic mass is 10.2. The van der Waals surface area contributed by atoms with Gasteiger partial charge in [0, 0.05) is 6.54 Å². The number of ether oxygens (including phenoxy) is 2. The van der Waals surface area contributed by atoms with Crippen molar-refractivity contribution in [2.45, 2.75) is 34.2 Å². The number of esters is 1. The van der Waals surface area contributed by atoms with Gasteiger partial charge in [0.05, 0.1) is 12.3 Å². The standard InChI is InChI=1S/C14H20ClN3O5/c1-5-22-14(21)16-10(19)7-23-13(20)11-9(4)17-18(12(11)15)6-8(2)3/h8H,5-7H2,1-4H3,(H,16,19,21). The molecule has 0 fully saturated rings. The van der Waals surface area contributed by atoms with Gasteiger partial charge >= 0.3 is 12.1 Å². The van der Waals surface area contributed by atoms with Gasteiger partial charge < -0.3 is 9.47 Å². The number of carbonyl (C=O) groups excluding carboxylic acids is 3. The smallest absolute Gasteiger partial charge is 0.413 e. The number of halogens is 1. The van der Waals surface area contributed by atoms with Gasteiger partial charge in [0.2, 0.25) is 0 Å². The molecule has 0 radical (unpaired) electrons. The first-order valence-corrected chi connectivity index (χ1v) is 7.50. The van der Waals surface area contributed by atoms with Gasteiger partial charge in [0.25, 0.3) is 5.91 Å². The molecule has 0 bridgehead atoms. The molecule has 0 aromatic carbocycles. The van der Waals surface area contributed by atoms with Crippen molar-refractivity contribution in [2.24, 2.45) is 5.92 Å². The zero-order chi connectivity index (χ0) is 17.6. The number of imide groups is 1. The summed E-state index contributed by atoms with van der Waals surface area (Å²) < 4.78 is 10.9. The number of amides is 2. The number of nitrogens with zero attached hydrogens (tertiary/aromatic N) is 2. The highest BCUT2D eigenvalue weighted by atomic mass is 35.5. The first-order valence-electron chi connectivity index (χ1n) is 7.12. The molecule has 0 aliphatic carbocycles. The molecule has 0 aliphatic heterocycles. The van der Waals surface area contributed by atoms with Crippen LogP contribution in [-0.2, 0) is 20.8 Å². The van der Waals surface area contributed by atoms with Gasteiger partial charge in [-0.15, -0.1) is 0 Å². The zero-order valence-electron chi connectivity index (χ0n) is 13.5. The van der Waals surface area contributed by atoms with Crippen LogP contribution in [0, 0.1) is 12.8 Å². The Labute approximate surface area is 139 Å². The van der Waals surface area contributed by atoms with E-state index in [0.717, 1.165) is 0 Å². The van der Waals surface area contributed by atoms with E-state index in [9.17, 15) is 14.4 Å². The number of alkyl carbamates (subject to hydrolysis) is 1. The summed E-state index contributed by atoms with van der Waals surface area (Å²) in [5.74, 6) is -1.27. The van der Waals surface area contributed by atoms with Crippen molar-refractivity contribution in [1.29, 1.82) is 0 Å². The Morgan fingerprint density at radius 2 is 1.96 bits per heavy atom. The molecule has 1 aromatic rings. The number of aromatic nitrogens is 2. The largest absolute Gasteiger partial charge is 0.452 e. The summed E-state index contributed by atoms with van der Waals surface area (Å²) in [6, 6.07) is 0. The normalized spacial score (nSPS) is 10.5. The summed E-state index contributed by atoms with van der Waals surface area (Å²) in [7, 11) is 0. The van der Waals surface area contributed by atoms with E-state index in [1.807, 2.05) is 19.2 Å². The van der Waals surface area contributed by atoms with E-state index in [2.05, 4.69) is 9.84 Å². The number of aryl methyl sites for hydroxylation is 1. The van der Waals surface area contributed by atoms with Gasteiger partial charge in [0.1, 0.15) is 10.7 Å². The Morgan fingerprint density at radius 3 is 2.52 bits per heavy atom. The minimum Gasteiger partial charge on any atom is -0.452 e. The summed E-state index contributed by atoms with van der Waals surface area (Å²) in [5, 5.41) is 6.26. The van der Waals surface area contributed by atoms with Crippen molar-refractivity contribution in [3.8, 4) is 0 Å². The molecule has 8 nitrogen and oxygen atoms in total. The summed E-state index contributed by atoms with van der Waals surface area (Å²) in [6.07, 6.45) is -0.896. The van der Waals surface area contributed by atoms with E-state index < -0.39 is 24.6 Å². The molecule has 0 spiro atoms. The number of nitrogens with one attached hydrogen (secondary N) is 1. The average Bonchev–Trinajstić information content (AvgIpc) is 2.70. The third-order valence-electron chi connectivity index (χ3n) is 2.66. The van der Waals surface area contributed by atoms with Crippen LogP contribution in [0.15, 0.2) is 0 Å². The number of rotatable bonds is 6. The average molecular weight is 346 g/mol. The van der Waals surface area contributed by atoms with Crippen LogP contribution < -0.4 is 5.32 Å². The van der Waals surface area contributed by atoms with Crippen molar-refractivity contribution >= 4 is 29.6 Å². The molecule has 1 aromatic heterocycles. The van der Waals surface area contributed by atoms with Crippen LogP contribution in [0.3, 0.4) is 0 Å². The van der Waals surface area contributed by atoms with Crippen LogP contribution in [0.25, 0.3) is 0 Å². The summed E-state index contributed by atoms with van der Waals surface area (Å²) in [4.78, 5) is 34.5. The first-order chi connectivity index (χ1) is 10.8. The second-order valence-corrected chi connectivity index (χ2v) is 5.53. The van der Waals surface area contributed by atoms with E-state index in [4.69, 9.17) is 16.3 Å². The summed E-state index contributed by atoms with van der Waals surface area (Å²) in [5.41, 5.74) is 0.516. The van der Waals surface area contributed by atoms with Crippen LogP contribution in [0.2, 0.25) is 5.15 Å².